The second-order valence-electron chi connectivity index (χ2n) is 6.70. The highest BCUT2D eigenvalue weighted by Crippen LogP contribution is 2.21. The number of pyridine rings is 1. The minimum atomic E-state index is -0.0864. The van der Waals surface area contributed by atoms with Gasteiger partial charge in [-0.05, 0) is 55.8 Å². The van der Waals surface area contributed by atoms with Crippen molar-refractivity contribution in [3.63, 3.8) is 0 Å². The Morgan fingerprint density at radius 2 is 1.70 bits per heavy atom. The van der Waals surface area contributed by atoms with Gasteiger partial charge in [0.2, 0.25) is 0 Å². The Morgan fingerprint density at radius 1 is 0.963 bits per heavy atom. The molecule has 4 aromatic rings. The summed E-state index contributed by atoms with van der Waals surface area (Å²) in [5.74, 6) is 0.760. The van der Waals surface area contributed by atoms with E-state index in [2.05, 4.69) is 4.98 Å². The number of benzene rings is 2. The summed E-state index contributed by atoms with van der Waals surface area (Å²) in [6.45, 7) is 4.51. The second kappa shape index (κ2) is 7.11. The minimum Gasteiger partial charge on any atom is -0.489 e. The van der Waals surface area contributed by atoms with Crippen LogP contribution in [0.3, 0.4) is 0 Å². The van der Waals surface area contributed by atoms with Crippen LogP contribution in [0.4, 0.5) is 0 Å². The molecule has 0 spiro atoms. The first-order valence-corrected chi connectivity index (χ1v) is 9.00. The first-order chi connectivity index (χ1) is 13.1. The molecule has 0 saturated heterocycles. The molecule has 0 unspecified atom stereocenters. The minimum absolute atomic E-state index is 0.0546. The smallest absolute Gasteiger partial charge is 0.335 e. The highest BCUT2D eigenvalue weighted by atomic mass is 16.5. The van der Waals surface area contributed by atoms with Crippen LogP contribution in [0.5, 0.6) is 5.75 Å². The molecule has 27 heavy (non-hydrogen) atoms. The molecule has 0 N–H and O–H groups in total. The number of ether oxygens (including phenoxy) is 1. The summed E-state index contributed by atoms with van der Waals surface area (Å²) >= 11 is 0. The van der Waals surface area contributed by atoms with Gasteiger partial charge in [0.15, 0.2) is 5.65 Å². The van der Waals surface area contributed by atoms with Crippen LogP contribution in [0, 0.1) is 0 Å². The normalized spacial score (nSPS) is 11.2. The van der Waals surface area contributed by atoms with Gasteiger partial charge in [-0.1, -0.05) is 30.3 Å². The van der Waals surface area contributed by atoms with Gasteiger partial charge in [-0.2, -0.15) is 0 Å². The number of hydrogen-bond acceptors (Lipinski definition) is 3. The van der Waals surface area contributed by atoms with E-state index in [1.165, 1.54) is 0 Å². The number of nitrogens with zero attached hydrogens (tertiary/aromatic N) is 3. The lowest BCUT2D eigenvalue weighted by Crippen LogP contribution is -2.24. The molecule has 2 heterocycles. The molecule has 136 valence electrons. The Labute approximate surface area is 157 Å². The van der Waals surface area contributed by atoms with E-state index in [0.29, 0.717) is 12.3 Å². The predicted octanol–water partition coefficient (Wildman–Crippen LogP) is 4.35. The number of fused-ring (bicyclic) bond motifs is 1. The average Bonchev–Trinajstić information content (AvgIpc) is 2.99. The summed E-state index contributed by atoms with van der Waals surface area (Å²) in [4.78, 5) is 17.4. The Balaban J connectivity index is 1.67. The van der Waals surface area contributed by atoms with E-state index >= 15 is 0 Å². The van der Waals surface area contributed by atoms with Crippen molar-refractivity contribution < 1.29 is 4.74 Å². The summed E-state index contributed by atoms with van der Waals surface area (Å²) < 4.78 is 9.25. The molecule has 4 rings (SSSR count). The fraction of sp³-hybridized carbons (Fsp3) is 0.182. The maximum Gasteiger partial charge on any atom is 0.335 e. The van der Waals surface area contributed by atoms with Crippen LogP contribution >= 0.6 is 0 Å². The monoisotopic (exact) mass is 359 g/mol. The SMILES string of the molecule is CC(C)n1c(=O)n(-c2ccc(OCc3ccccc3)cc2)c2ncccc21. The van der Waals surface area contributed by atoms with Crippen LogP contribution in [0.1, 0.15) is 25.5 Å². The summed E-state index contributed by atoms with van der Waals surface area (Å²) in [6, 6.07) is 21.4. The van der Waals surface area contributed by atoms with E-state index in [1.54, 1.807) is 15.3 Å². The van der Waals surface area contributed by atoms with E-state index in [0.717, 1.165) is 22.5 Å². The summed E-state index contributed by atoms with van der Waals surface area (Å²) in [5, 5.41) is 0. The molecule has 2 aromatic carbocycles. The van der Waals surface area contributed by atoms with E-state index in [9.17, 15) is 4.79 Å². The molecule has 0 fully saturated rings. The zero-order valence-corrected chi connectivity index (χ0v) is 15.4. The third kappa shape index (κ3) is 3.24. The molecule has 0 saturated carbocycles. The molecule has 0 amide bonds. The lowest BCUT2D eigenvalue weighted by Gasteiger charge is -2.08. The van der Waals surface area contributed by atoms with Gasteiger partial charge in [0.05, 0.1) is 11.2 Å². The fourth-order valence-corrected chi connectivity index (χ4v) is 3.21. The lowest BCUT2D eigenvalue weighted by molar-refractivity contribution is 0.306. The van der Waals surface area contributed by atoms with Gasteiger partial charge in [0.1, 0.15) is 12.4 Å². The van der Waals surface area contributed by atoms with Crippen molar-refractivity contribution >= 4 is 11.2 Å². The third-order valence-electron chi connectivity index (χ3n) is 4.49. The summed E-state index contributed by atoms with van der Waals surface area (Å²) in [7, 11) is 0. The van der Waals surface area contributed by atoms with Crippen molar-refractivity contribution in [2.45, 2.75) is 26.5 Å². The zero-order chi connectivity index (χ0) is 18.8. The zero-order valence-electron chi connectivity index (χ0n) is 15.4. The Hall–Kier alpha value is -3.34. The number of hydrogen-bond donors (Lipinski definition) is 0. The molecule has 0 bridgehead atoms. The van der Waals surface area contributed by atoms with Crippen molar-refractivity contribution in [1.82, 2.24) is 14.1 Å². The van der Waals surface area contributed by atoms with Gasteiger partial charge in [-0.25, -0.2) is 14.3 Å². The van der Waals surface area contributed by atoms with E-state index in [-0.39, 0.29) is 11.7 Å². The van der Waals surface area contributed by atoms with Crippen LogP contribution < -0.4 is 10.4 Å². The van der Waals surface area contributed by atoms with Crippen molar-refractivity contribution in [2.24, 2.45) is 0 Å². The topological polar surface area (TPSA) is 49.0 Å². The van der Waals surface area contributed by atoms with Gasteiger partial charge >= 0.3 is 5.69 Å². The molecule has 5 heteroatoms. The molecular weight excluding hydrogens is 338 g/mol. The van der Waals surface area contributed by atoms with Crippen molar-refractivity contribution in [3.05, 3.63) is 89.0 Å². The molecule has 0 aliphatic rings. The predicted molar refractivity (Wildman–Crippen MR) is 106 cm³/mol. The maximum absolute atomic E-state index is 13.0. The Morgan fingerprint density at radius 3 is 2.41 bits per heavy atom. The number of aromatic nitrogens is 3. The third-order valence-corrected chi connectivity index (χ3v) is 4.49. The van der Waals surface area contributed by atoms with Gasteiger partial charge in [0.25, 0.3) is 0 Å². The number of rotatable bonds is 5. The van der Waals surface area contributed by atoms with Gasteiger partial charge in [-0.15, -0.1) is 0 Å². The summed E-state index contributed by atoms with van der Waals surface area (Å²) in [6.07, 6.45) is 1.71. The maximum atomic E-state index is 13.0. The van der Waals surface area contributed by atoms with Gasteiger partial charge < -0.3 is 4.74 Å². The molecular formula is C22H21N3O2. The van der Waals surface area contributed by atoms with E-state index < -0.39 is 0 Å². The van der Waals surface area contributed by atoms with Crippen LogP contribution in [-0.2, 0) is 6.61 Å². The highest BCUT2D eigenvalue weighted by Gasteiger charge is 2.17. The summed E-state index contributed by atoms with van der Waals surface area (Å²) in [5.41, 5.74) is 3.30. The molecule has 0 aliphatic carbocycles. The highest BCUT2D eigenvalue weighted by molar-refractivity contribution is 5.73. The fourth-order valence-electron chi connectivity index (χ4n) is 3.21. The van der Waals surface area contributed by atoms with Crippen molar-refractivity contribution in [1.29, 1.82) is 0 Å². The van der Waals surface area contributed by atoms with Crippen molar-refractivity contribution in [3.8, 4) is 11.4 Å². The van der Waals surface area contributed by atoms with Crippen LogP contribution in [0.15, 0.2) is 77.7 Å². The van der Waals surface area contributed by atoms with Crippen LogP contribution in [0.2, 0.25) is 0 Å². The first kappa shape index (κ1) is 17.1. The molecule has 2 aromatic heterocycles. The largest absolute Gasteiger partial charge is 0.489 e. The van der Waals surface area contributed by atoms with Crippen molar-refractivity contribution in [2.75, 3.05) is 0 Å². The van der Waals surface area contributed by atoms with Gasteiger partial charge in [-0.3, -0.25) is 4.57 Å². The number of imidazole rings is 1. The second-order valence-corrected chi connectivity index (χ2v) is 6.70. The average molecular weight is 359 g/mol. The van der Waals surface area contributed by atoms with Crippen LogP contribution in [0.25, 0.3) is 16.9 Å². The van der Waals surface area contributed by atoms with E-state index in [1.807, 2.05) is 80.6 Å². The molecule has 0 radical (unpaired) electrons. The molecule has 5 nitrogen and oxygen atoms in total. The molecule has 0 atom stereocenters. The van der Waals surface area contributed by atoms with Crippen LogP contribution in [-0.4, -0.2) is 14.1 Å². The molecule has 0 aliphatic heterocycles. The van der Waals surface area contributed by atoms with E-state index in [4.69, 9.17) is 4.74 Å². The van der Waals surface area contributed by atoms with Gasteiger partial charge in [0, 0.05) is 12.2 Å². The Bertz CT molecular complexity index is 1110. The lowest BCUT2D eigenvalue weighted by atomic mass is 10.2. The Kier molecular flexibility index (Phi) is 4.50. The quantitative estimate of drug-likeness (QED) is 0.532. The first-order valence-electron chi connectivity index (χ1n) is 9.00. The standard InChI is InChI=1S/C22H21N3O2/c1-16(2)24-20-9-6-14-23-21(20)25(22(24)26)18-10-12-19(13-11-18)27-15-17-7-4-3-5-8-17/h3-14,16H,15H2,1-2H3.